The predicted molar refractivity (Wildman–Crippen MR) is 211 cm³/mol. The Balaban J connectivity index is 1.12. The number of carbonyl (C=O) groups is 2. The molecule has 0 unspecified atom stereocenters. The SMILES string of the molecule is CO[C@@H]1[C@@H](OC)[C@H](O[C@@H]2C[C@H](CC(=O)O)O[C@H](C[C@H](OC(=O)C[C@@H]3O[C@H](C[C@H](O)[C@@H]4C[C@H]4C)C[C@H](O[C@@H]4OC[C@@H](OC)[C@H](OC)[C@H]4OC)[C@H]3C)[C@@H]3C[C@H]3C)C2)OC[C@H]1OC. The van der Waals surface area contributed by atoms with Gasteiger partial charge in [-0.05, 0) is 42.9 Å². The standard InChI is InChI=1S/C43H72O17/c1-21-10-28(21)30(44)14-27-15-31(60-43-41(53-9)39(51-7)35(49-5)20-55-43)23(3)32(57-27)18-37(47)59-33(29-11-22(29)2)16-25-12-24(13-26(56-25)17-36(45)46)58-42-40(52-8)38(50-6)34(48-4)19-54-42/h21-35,38-44H,10-20H2,1-9H3,(H,45,46)/t21-,22-,23-,24+,25+,26-,27-,28-,29-,30+,31+,32+,33+,34-,35-,38+,39+,40-,41-,42+,43+/m1/s1. The minimum Gasteiger partial charge on any atom is -0.481 e. The van der Waals surface area contributed by atoms with E-state index < -0.39 is 85.6 Å². The number of aliphatic hydroxyl groups excluding tert-OH is 1. The average molecular weight is 861 g/mol. The number of ether oxygens (including phenoxy) is 13. The van der Waals surface area contributed by atoms with Gasteiger partial charge in [0.05, 0.1) is 68.8 Å². The van der Waals surface area contributed by atoms with E-state index in [1.54, 1.807) is 42.7 Å². The summed E-state index contributed by atoms with van der Waals surface area (Å²) in [5, 5.41) is 20.8. The van der Waals surface area contributed by atoms with Crippen LogP contribution in [0.3, 0.4) is 0 Å². The van der Waals surface area contributed by atoms with Gasteiger partial charge in [-0.25, -0.2) is 0 Å². The first-order valence-electron chi connectivity index (χ1n) is 21.9. The molecule has 0 radical (unpaired) electrons. The summed E-state index contributed by atoms with van der Waals surface area (Å²) in [5.41, 5.74) is 0. The van der Waals surface area contributed by atoms with Crippen LogP contribution < -0.4 is 0 Å². The van der Waals surface area contributed by atoms with Gasteiger partial charge in [0.1, 0.15) is 42.7 Å². The van der Waals surface area contributed by atoms with Crippen molar-refractivity contribution in [3.63, 3.8) is 0 Å². The van der Waals surface area contributed by atoms with Crippen LogP contribution in [0.5, 0.6) is 0 Å². The third-order valence-corrected chi connectivity index (χ3v) is 13.9. The predicted octanol–water partition coefficient (Wildman–Crippen LogP) is 3.13. The fourth-order valence-electron chi connectivity index (χ4n) is 10.1. The number of carboxylic acids is 1. The minimum absolute atomic E-state index is 0.0177. The molecule has 0 aromatic carbocycles. The van der Waals surface area contributed by atoms with Crippen LogP contribution >= 0.6 is 0 Å². The minimum atomic E-state index is -0.976. The summed E-state index contributed by atoms with van der Waals surface area (Å²) in [5.74, 6) is -0.443. The summed E-state index contributed by atoms with van der Waals surface area (Å²) in [6.07, 6.45) is -4.16. The maximum atomic E-state index is 14.0. The fraction of sp³-hybridized carbons (Fsp3) is 0.953. The molecule has 4 saturated heterocycles. The number of aliphatic carboxylic acids is 1. The monoisotopic (exact) mass is 860 g/mol. The normalized spacial score (nSPS) is 44.1. The van der Waals surface area contributed by atoms with Gasteiger partial charge in [-0.2, -0.15) is 0 Å². The zero-order valence-electron chi connectivity index (χ0n) is 36.9. The number of carbonyl (C=O) groups excluding carboxylic acids is 1. The van der Waals surface area contributed by atoms with Crippen molar-refractivity contribution in [2.24, 2.45) is 29.6 Å². The number of hydrogen-bond acceptors (Lipinski definition) is 16. The molecule has 6 fully saturated rings. The first-order valence-corrected chi connectivity index (χ1v) is 21.9. The van der Waals surface area contributed by atoms with E-state index in [-0.39, 0.29) is 68.2 Å². The molecule has 4 heterocycles. The maximum Gasteiger partial charge on any atom is 0.308 e. The number of hydrogen-bond donors (Lipinski definition) is 2. The molecule has 2 saturated carbocycles. The van der Waals surface area contributed by atoms with Crippen molar-refractivity contribution in [1.82, 2.24) is 0 Å². The topological polar surface area (TPSA) is 195 Å². The molecule has 2 N–H and O–H groups in total. The third kappa shape index (κ3) is 12.0. The van der Waals surface area contributed by atoms with E-state index in [2.05, 4.69) is 13.8 Å². The molecule has 21 atom stereocenters. The molecule has 2 aliphatic carbocycles. The Morgan fingerprint density at radius 3 is 1.67 bits per heavy atom. The van der Waals surface area contributed by atoms with Gasteiger partial charge in [0.15, 0.2) is 12.6 Å². The van der Waals surface area contributed by atoms with Crippen molar-refractivity contribution in [2.75, 3.05) is 55.9 Å². The van der Waals surface area contributed by atoms with Crippen molar-refractivity contribution in [3.8, 4) is 0 Å². The number of rotatable bonds is 21. The summed E-state index contributed by atoms with van der Waals surface area (Å²) < 4.78 is 78.9. The summed E-state index contributed by atoms with van der Waals surface area (Å²) in [6.45, 7) is 6.77. The Hall–Kier alpha value is -1.58. The summed E-state index contributed by atoms with van der Waals surface area (Å²) in [7, 11) is 9.53. The fourth-order valence-corrected chi connectivity index (χ4v) is 10.1. The van der Waals surface area contributed by atoms with E-state index in [1.165, 1.54) is 0 Å². The van der Waals surface area contributed by atoms with Crippen LogP contribution in [0.2, 0.25) is 0 Å². The molecule has 0 aromatic rings. The highest BCUT2D eigenvalue weighted by Gasteiger charge is 2.50. The van der Waals surface area contributed by atoms with Crippen LogP contribution in [-0.4, -0.2) is 176 Å². The first-order chi connectivity index (χ1) is 28.8. The third-order valence-electron chi connectivity index (χ3n) is 13.9. The second-order valence-electron chi connectivity index (χ2n) is 18.1. The van der Waals surface area contributed by atoms with Gasteiger partial charge in [0, 0.05) is 74.3 Å². The highest BCUT2D eigenvalue weighted by atomic mass is 16.7. The second-order valence-corrected chi connectivity index (χ2v) is 18.1. The molecule has 4 aliphatic heterocycles. The van der Waals surface area contributed by atoms with Crippen molar-refractivity contribution in [2.45, 2.75) is 177 Å². The Labute approximate surface area is 354 Å². The smallest absolute Gasteiger partial charge is 0.308 e. The molecule has 0 spiro atoms. The molecular weight excluding hydrogens is 788 g/mol. The van der Waals surface area contributed by atoms with Crippen molar-refractivity contribution >= 4 is 11.9 Å². The lowest BCUT2D eigenvalue weighted by molar-refractivity contribution is -0.309. The van der Waals surface area contributed by atoms with Crippen LogP contribution in [0.25, 0.3) is 0 Å². The Morgan fingerprint density at radius 2 is 1.15 bits per heavy atom. The summed E-state index contributed by atoms with van der Waals surface area (Å²) in [4.78, 5) is 25.9. The van der Waals surface area contributed by atoms with Crippen molar-refractivity contribution in [1.29, 1.82) is 0 Å². The Morgan fingerprint density at radius 1 is 0.617 bits per heavy atom. The molecule has 0 aromatic heterocycles. The van der Waals surface area contributed by atoms with Gasteiger partial charge >= 0.3 is 11.9 Å². The van der Waals surface area contributed by atoms with Gasteiger partial charge in [-0.15, -0.1) is 0 Å². The van der Waals surface area contributed by atoms with Crippen molar-refractivity contribution in [3.05, 3.63) is 0 Å². The molecular formula is C43H72O17. The number of methoxy groups -OCH3 is 6. The average Bonchev–Trinajstić information content (AvgIpc) is 4.14. The lowest BCUT2D eigenvalue weighted by Crippen LogP contribution is -2.58. The first kappa shape index (κ1) is 47.9. The van der Waals surface area contributed by atoms with Crippen LogP contribution in [0.4, 0.5) is 0 Å². The number of aliphatic hydroxyl groups is 1. The molecule has 0 bridgehead atoms. The van der Waals surface area contributed by atoms with Crippen LogP contribution in [0.1, 0.15) is 78.6 Å². The zero-order chi connectivity index (χ0) is 43.2. The molecule has 60 heavy (non-hydrogen) atoms. The summed E-state index contributed by atoms with van der Waals surface area (Å²) in [6, 6.07) is 0. The Kier molecular flexibility index (Phi) is 17.5. The van der Waals surface area contributed by atoms with Crippen LogP contribution in [0, 0.1) is 29.6 Å². The van der Waals surface area contributed by atoms with E-state index in [4.69, 9.17) is 61.6 Å². The second kappa shape index (κ2) is 21.9. The van der Waals surface area contributed by atoms with E-state index >= 15 is 0 Å². The lowest BCUT2D eigenvalue weighted by Gasteiger charge is -2.45. The molecule has 346 valence electrons. The molecule has 17 heteroatoms. The Bertz CT molecular complexity index is 1360. The van der Waals surface area contributed by atoms with Gasteiger partial charge < -0.3 is 71.8 Å². The van der Waals surface area contributed by atoms with E-state index in [9.17, 15) is 19.8 Å². The van der Waals surface area contributed by atoms with Crippen LogP contribution in [0.15, 0.2) is 0 Å². The van der Waals surface area contributed by atoms with Gasteiger partial charge in [-0.3, -0.25) is 9.59 Å². The quantitative estimate of drug-likeness (QED) is 0.160. The molecule has 6 aliphatic rings. The van der Waals surface area contributed by atoms with Gasteiger partial charge in [-0.1, -0.05) is 20.8 Å². The highest BCUT2D eigenvalue weighted by Crippen LogP contribution is 2.46. The number of esters is 1. The largest absolute Gasteiger partial charge is 0.481 e. The molecule has 0 amide bonds. The molecule has 6 rings (SSSR count). The van der Waals surface area contributed by atoms with Gasteiger partial charge in [0.2, 0.25) is 0 Å². The van der Waals surface area contributed by atoms with E-state index in [0.29, 0.717) is 43.9 Å². The highest BCUT2D eigenvalue weighted by molar-refractivity contribution is 5.70. The number of carboxylic acid groups (broad SMARTS) is 1. The van der Waals surface area contributed by atoms with E-state index in [1.807, 2.05) is 6.92 Å². The van der Waals surface area contributed by atoms with Crippen LogP contribution in [-0.2, 0) is 71.2 Å². The molecule has 17 nitrogen and oxygen atoms in total. The zero-order valence-corrected chi connectivity index (χ0v) is 36.9. The van der Waals surface area contributed by atoms with Gasteiger partial charge in [0.25, 0.3) is 0 Å². The lowest BCUT2D eigenvalue weighted by atomic mass is 9.86. The summed E-state index contributed by atoms with van der Waals surface area (Å²) >= 11 is 0. The van der Waals surface area contributed by atoms with E-state index in [0.717, 1.165) is 12.8 Å². The van der Waals surface area contributed by atoms with Crippen molar-refractivity contribution < 1.29 is 81.4 Å². The maximum absolute atomic E-state index is 14.0.